The van der Waals surface area contributed by atoms with Crippen molar-refractivity contribution in [2.75, 3.05) is 25.1 Å². The molecule has 0 N–H and O–H groups in total. The molecule has 2 heterocycles. The number of para-hydroxylation sites is 2. The summed E-state index contributed by atoms with van der Waals surface area (Å²) in [5.41, 5.74) is 3.32. The van der Waals surface area contributed by atoms with Gasteiger partial charge in [0.05, 0.1) is 18.1 Å². The van der Waals surface area contributed by atoms with E-state index >= 15 is 0 Å². The lowest BCUT2D eigenvalue weighted by molar-refractivity contribution is 0.415. The summed E-state index contributed by atoms with van der Waals surface area (Å²) in [6.07, 6.45) is 3.80. The van der Waals surface area contributed by atoms with Gasteiger partial charge in [0, 0.05) is 18.8 Å². The highest BCUT2D eigenvalue weighted by molar-refractivity contribution is 5.81. The van der Waals surface area contributed by atoms with Crippen LogP contribution in [0.15, 0.2) is 48.5 Å². The molecule has 2 aromatic carbocycles. The molecule has 0 bridgehead atoms. The number of aromatic nitrogens is 2. The highest BCUT2D eigenvalue weighted by Crippen LogP contribution is 2.29. The molecular formula is C19H21N3O. The highest BCUT2D eigenvalue weighted by atomic mass is 16.5. The quantitative estimate of drug-likeness (QED) is 0.732. The van der Waals surface area contributed by atoms with E-state index in [-0.39, 0.29) is 0 Å². The Morgan fingerprint density at radius 1 is 0.913 bits per heavy atom. The Morgan fingerprint density at radius 3 is 2.39 bits per heavy atom. The minimum absolute atomic E-state index is 0.873. The van der Waals surface area contributed by atoms with E-state index in [2.05, 4.69) is 39.8 Å². The first-order valence-electron chi connectivity index (χ1n) is 8.24. The van der Waals surface area contributed by atoms with Gasteiger partial charge in [-0.1, -0.05) is 12.1 Å². The minimum Gasteiger partial charge on any atom is -0.497 e. The third-order valence-electron chi connectivity index (χ3n) is 4.51. The number of ether oxygens (including phenoxy) is 1. The fourth-order valence-corrected chi connectivity index (χ4v) is 3.31. The second kappa shape index (κ2) is 5.95. The molecule has 23 heavy (non-hydrogen) atoms. The van der Waals surface area contributed by atoms with Gasteiger partial charge in [0.2, 0.25) is 5.95 Å². The monoisotopic (exact) mass is 307 g/mol. The maximum atomic E-state index is 5.29. The summed E-state index contributed by atoms with van der Waals surface area (Å²) in [5, 5.41) is 0. The second-order valence-electron chi connectivity index (χ2n) is 5.98. The summed E-state index contributed by atoms with van der Waals surface area (Å²) in [5.74, 6) is 1.92. The molecule has 1 aliphatic heterocycles. The summed E-state index contributed by atoms with van der Waals surface area (Å²) in [6.45, 7) is 2.17. The molecule has 3 aromatic rings. The molecule has 0 saturated carbocycles. The van der Waals surface area contributed by atoms with Crippen LogP contribution in [0.1, 0.15) is 19.3 Å². The van der Waals surface area contributed by atoms with Gasteiger partial charge in [-0.15, -0.1) is 0 Å². The maximum absolute atomic E-state index is 5.29. The van der Waals surface area contributed by atoms with Crippen LogP contribution >= 0.6 is 0 Å². The highest BCUT2D eigenvalue weighted by Gasteiger charge is 2.19. The van der Waals surface area contributed by atoms with E-state index in [4.69, 9.17) is 9.72 Å². The number of nitrogens with zero attached hydrogens (tertiary/aromatic N) is 3. The number of rotatable bonds is 3. The van der Waals surface area contributed by atoms with Crippen molar-refractivity contribution in [3.8, 4) is 11.4 Å². The third-order valence-corrected chi connectivity index (χ3v) is 4.51. The van der Waals surface area contributed by atoms with E-state index < -0.39 is 0 Å². The van der Waals surface area contributed by atoms with Crippen LogP contribution in [0, 0.1) is 0 Å². The molecule has 4 nitrogen and oxygen atoms in total. The molecule has 1 aliphatic rings. The molecule has 1 saturated heterocycles. The zero-order valence-corrected chi connectivity index (χ0v) is 13.4. The van der Waals surface area contributed by atoms with Gasteiger partial charge in [0.15, 0.2) is 0 Å². The fourth-order valence-electron chi connectivity index (χ4n) is 3.31. The van der Waals surface area contributed by atoms with Crippen molar-refractivity contribution in [1.82, 2.24) is 9.55 Å². The largest absolute Gasteiger partial charge is 0.497 e. The molecule has 0 unspecified atom stereocenters. The van der Waals surface area contributed by atoms with Crippen LogP contribution in [0.2, 0.25) is 0 Å². The lowest BCUT2D eigenvalue weighted by Crippen LogP contribution is -2.31. The van der Waals surface area contributed by atoms with Crippen LogP contribution in [0.25, 0.3) is 16.7 Å². The molecule has 0 spiro atoms. The van der Waals surface area contributed by atoms with E-state index in [1.807, 2.05) is 18.2 Å². The van der Waals surface area contributed by atoms with Crippen LogP contribution < -0.4 is 9.64 Å². The van der Waals surface area contributed by atoms with Crippen LogP contribution in [-0.4, -0.2) is 29.8 Å². The zero-order chi connectivity index (χ0) is 15.6. The molecule has 4 rings (SSSR count). The number of hydrogen-bond donors (Lipinski definition) is 0. The second-order valence-corrected chi connectivity index (χ2v) is 5.98. The number of benzene rings is 2. The van der Waals surface area contributed by atoms with Gasteiger partial charge in [0.1, 0.15) is 5.75 Å². The number of anilines is 1. The van der Waals surface area contributed by atoms with E-state index in [0.717, 1.165) is 41.5 Å². The molecule has 0 atom stereocenters. The number of methoxy groups -OCH3 is 1. The molecule has 0 radical (unpaired) electrons. The lowest BCUT2D eigenvalue weighted by Gasteiger charge is -2.28. The fraction of sp³-hybridized carbons (Fsp3) is 0.316. The van der Waals surface area contributed by atoms with Crippen molar-refractivity contribution in [2.45, 2.75) is 19.3 Å². The Bertz CT molecular complexity index is 801. The van der Waals surface area contributed by atoms with Crippen LogP contribution in [0.5, 0.6) is 5.75 Å². The van der Waals surface area contributed by atoms with E-state index in [0.29, 0.717) is 0 Å². The molecule has 1 fully saturated rings. The van der Waals surface area contributed by atoms with Gasteiger partial charge in [-0.2, -0.15) is 0 Å². The van der Waals surface area contributed by atoms with Gasteiger partial charge >= 0.3 is 0 Å². The maximum Gasteiger partial charge on any atom is 0.211 e. The number of imidazole rings is 1. The Hall–Kier alpha value is -2.49. The molecule has 0 amide bonds. The van der Waals surface area contributed by atoms with Crippen LogP contribution in [0.3, 0.4) is 0 Å². The lowest BCUT2D eigenvalue weighted by atomic mass is 10.1. The van der Waals surface area contributed by atoms with Crippen molar-refractivity contribution in [1.29, 1.82) is 0 Å². The summed E-state index contributed by atoms with van der Waals surface area (Å²) < 4.78 is 7.55. The van der Waals surface area contributed by atoms with Gasteiger partial charge < -0.3 is 9.64 Å². The van der Waals surface area contributed by atoms with Gasteiger partial charge in [0.25, 0.3) is 0 Å². The Kier molecular flexibility index (Phi) is 3.66. The molecule has 4 heteroatoms. The first-order valence-corrected chi connectivity index (χ1v) is 8.24. The Balaban J connectivity index is 1.87. The van der Waals surface area contributed by atoms with Gasteiger partial charge in [-0.3, -0.25) is 4.57 Å². The van der Waals surface area contributed by atoms with E-state index in [1.165, 1.54) is 19.3 Å². The summed E-state index contributed by atoms with van der Waals surface area (Å²) in [7, 11) is 1.70. The predicted molar refractivity (Wildman–Crippen MR) is 93.7 cm³/mol. The molecular weight excluding hydrogens is 286 g/mol. The number of hydrogen-bond acceptors (Lipinski definition) is 3. The Labute approximate surface area is 136 Å². The van der Waals surface area contributed by atoms with Crippen molar-refractivity contribution >= 4 is 17.0 Å². The van der Waals surface area contributed by atoms with Crippen molar-refractivity contribution in [3.05, 3.63) is 48.5 Å². The van der Waals surface area contributed by atoms with Gasteiger partial charge in [-0.05, 0) is 55.7 Å². The third kappa shape index (κ3) is 2.54. The SMILES string of the molecule is COc1ccc(-n2c(N3CCCCC3)nc3ccccc32)cc1. The number of piperidine rings is 1. The average Bonchev–Trinajstić information content (AvgIpc) is 3.02. The van der Waals surface area contributed by atoms with Crippen molar-refractivity contribution in [2.24, 2.45) is 0 Å². The topological polar surface area (TPSA) is 30.3 Å². The minimum atomic E-state index is 0.873. The standard InChI is InChI=1S/C19H21N3O/c1-23-16-11-9-15(10-12-16)22-18-8-4-3-7-17(18)20-19(22)21-13-5-2-6-14-21/h3-4,7-12H,2,5-6,13-14H2,1H3. The van der Waals surface area contributed by atoms with Crippen molar-refractivity contribution < 1.29 is 4.74 Å². The summed E-state index contributed by atoms with van der Waals surface area (Å²) >= 11 is 0. The first-order chi connectivity index (χ1) is 11.4. The molecule has 1 aromatic heterocycles. The Morgan fingerprint density at radius 2 is 1.65 bits per heavy atom. The molecule has 118 valence electrons. The predicted octanol–water partition coefficient (Wildman–Crippen LogP) is 4.02. The molecule has 0 aliphatic carbocycles. The van der Waals surface area contributed by atoms with Crippen LogP contribution in [0.4, 0.5) is 5.95 Å². The smallest absolute Gasteiger partial charge is 0.211 e. The van der Waals surface area contributed by atoms with E-state index in [9.17, 15) is 0 Å². The first kappa shape index (κ1) is 14.1. The van der Waals surface area contributed by atoms with E-state index in [1.54, 1.807) is 7.11 Å². The summed E-state index contributed by atoms with van der Waals surface area (Å²) in [6, 6.07) is 16.6. The van der Waals surface area contributed by atoms with Crippen molar-refractivity contribution in [3.63, 3.8) is 0 Å². The summed E-state index contributed by atoms with van der Waals surface area (Å²) in [4.78, 5) is 7.32. The number of fused-ring (bicyclic) bond motifs is 1. The normalized spacial score (nSPS) is 15.1. The average molecular weight is 307 g/mol. The zero-order valence-electron chi connectivity index (χ0n) is 13.4. The van der Waals surface area contributed by atoms with Gasteiger partial charge in [-0.25, -0.2) is 4.98 Å². The van der Waals surface area contributed by atoms with Crippen LogP contribution in [-0.2, 0) is 0 Å².